The minimum Gasteiger partial charge on any atom is -0.396 e. The van der Waals surface area contributed by atoms with E-state index in [4.69, 9.17) is 9.84 Å². The quantitative estimate of drug-likeness (QED) is 0.667. The van der Waals surface area contributed by atoms with E-state index in [0.29, 0.717) is 12.1 Å². The van der Waals surface area contributed by atoms with Crippen molar-refractivity contribution in [3.05, 3.63) is 0 Å². The summed E-state index contributed by atoms with van der Waals surface area (Å²) < 4.78 is 5.41. The van der Waals surface area contributed by atoms with Gasteiger partial charge in [0.1, 0.15) is 0 Å². The van der Waals surface area contributed by atoms with Gasteiger partial charge in [0.25, 0.3) is 0 Å². The molecule has 0 aromatic rings. The Labute approximate surface area is 99.0 Å². The number of nitrogens with zero attached hydrogens (tertiary/aromatic N) is 1. The molecule has 0 aromatic heterocycles. The molecule has 1 aliphatic rings. The predicted molar refractivity (Wildman–Crippen MR) is 65.6 cm³/mol. The number of methoxy groups -OCH3 is 1. The summed E-state index contributed by atoms with van der Waals surface area (Å²) in [4.78, 5) is 2.45. The fraction of sp³-hybridized carbons (Fsp3) is 1.00. The first-order chi connectivity index (χ1) is 7.80. The van der Waals surface area contributed by atoms with Crippen molar-refractivity contribution in [1.82, 2.24) is 10.2 Å². The summed E-state index contributed by atoms with van der Waals surface area (Å²) >= 11 is 0. The SMILES string of the molecule is CCNC(CCO)CN1CCCC(OC)C1. The molecule has 1 aliphatic heterocycles. The number of piperidine rings is 1. The normalized spacial score (nSPS) is 24.6. The molecular weight excluding hydrogens is 204 g/mol. The van der Waals surface area contributed by atoms with Crippen molar-refractivity contribution >= 4 is 0 Å². The van der Waals surface area contributed by atoms with Crippen molar-refractivity contribution < 1.29 is 9.84 Å². The minimum absolute atomic E-state index is 0.263. The highest BCUT2D eigenvalue weighted by Gasteiger charge is 2.21. The Hall–Kier alpha value is -0.160. The van der Waals surface area contributed by atoms with Crippen LogP contribution >= 0.6 is 0 Å². The summed E-state index contributed by atoms with van der Waals surface area (Å²) in [6.07, 6.45) is 3.63. The number of nitrogens with one attached hydrogen (secondary N) is 1. The van der Waals surface area contributed by atoms with Gasteiger partial charge in [-0.05, 0) is 32.4 Å². The molecule has 0 amide bonds. The van der Waals surface area contributed by atoms with E-state index in [1.54, 1.807) is 7.11 Å². The Bertz CT molecular complexity index is 172. The first kappa shape index (κ1) is 13.9. The van der Waals surface area contributed by atoms with E-state index in [-0.39, 0.29) is 6.61 Å². The van der Waals surface area contributed by atoms with Crippen LogP contribution in [0.5, 0.6) is 0 Å². The van der Waals surface area contributed by atoms with Crippen LogP contribution in [0.15, 0.2) is 0 Å². The van der Waals surface area contributed by atoms with Gasteiger partial charge in [0.2, 0.25) is 0 Å². The molecule has 0 aromatic carbocycles. The zero-order valence-corrected chi connectivity index (χ0v) is 10.6. The van der Waals surface area contributed by atoms with Gasteiger partial charge in [-0.2, -0.15) is 0 Å². The standard InChI is InChI=1S/C12H26N2O2/c1-3-13-11(6-8-15)9-14-7-4-5-12(10-14)16-2/h11-13,15H,3-10H2,1-2H3. The molecule has 4 nitrogen and oxygen atoms in total. The number of rotatable bonds is 7. The number of likely N-dealkylation sites (N-methyl/N-ethyl adjacent to an activating group) is 1. The molecule has 0 aliphatic carbocycles. The van der Waals surface area contributed by atoms with Gasteiger partial charge in [-0.15, -0.1) is 0 Å². The van der Waals surface area contributed by atoms with Gasteiger partial charge < -0.3 is 15.2 Å². The van der Waals surface area contributed by atoms with E-state index in [9.17, 15) is 0 Å². The highest BCUT2D eigenvalue weighted by atomic mass is 16.5. The van der Waals surface area contributed by atoms with E-state index in [1.165, 1.54) is 12.8 Å². The fourth-order valence-corrected chi connectivity index (χ4v) is 2.39. The predicted octanol–water partition coefficient (Wildman–Crippen LogP) is 0.458. The molecule has 1 rings (SSSR count). The maximum absolute atomic E-state index is 9.01. The first-order valence-corrected chi connectivity index (χ1v) is 6.39. The molecule has 2 unspecified atom stereocenters. The van der Waals surface area contributed by atoms with Crippen LogP contribution in [0.3, 0.4) is 0 Å². The Morgan fingerprint density at radius 1 is 1.56 bits per heavy atom. The van der Waals surface area contributed by atoms with E-state index in [2.05, 4.69) is 17.1 Å². The highest BCUT2D eigenvalue weighted by Crippen LogP contribution is 2.13. The third-order valence-electron chi connectivity index (χ3n) is 3.24. The Morgan fingerprint density at radius 3 is 3.00 bits per heavy atom. The zero-order chi connectivity index (χ0) is 11.8. The largest absolute Gasteiger partial charge is 0.396 e. The van der Waals surface area contributed by atoms with E-state index in [1.807, 2.05) is 0 Å². The summed E-state index contributed by atoms with van der Waals surface area (Å²) in [6.45, 7) is 6.55. The van der Waals surface area contributed by atoms with Crippen LogP contribution in [0.4, 0.5) is 0 Å². The van der Waals surface area contributed by atoms with Crippen LogP contribution in [0.25, 0.3) is 0 Å². The van der Waals surface area contributed by atoms with E-state index >= 15 is 0 Å². The van der Waals surface area contributed by atoms with Gasteiger partial charge in [0.15, 0.2) is 0 Å². The second kappa shape index (κ2) is 8.01. The Kier molecular flexibility index (Phi) is 6.96. The molecular formula is C12H26N2O2. The lowest BCUT2D eigenvalue weighted by atomic mass is 10.1. The highest BCUT2D eigenvalue weighted by molar-refractivity contribution is 4.78. The van der Waals surface area contributed by atoms with E-state index < -0.39 is 0 Å². The topological polar surface area (TPSA) is 44.7 Å². The number of hydrogen-bond donors (Lipinski definition) is 2. The first-order valence-electron chi connectivity index (χ1n) is 6.39. The minimum atomic E-state index is 0.263. The second-order valence-electron chi connectivity index (χ2n) is 4.53. The summed E-state index contributed by atoms with van der Waals surface area (Å²) in [5.41, 5.74) is 0. The lowest BCUT2D eigenvalue weighted by Gasteiger charge is -2.34. The smallest absolute Gasteiger partial charge is 0.0698 e. The monoisotopic (exact) mass is 230 g/mol. The van der Waals surface area contributed by atoms with Crippen LogP contribution in [-0.2, 0) is 4.74 Å². The summed E-state index contributed by atoms with van der Waals surface area (Å²) in [5.74, 6) is 0. The molecule has 96 valence electrons. The van der Waals surface area contributed by atoms with Crippen LogP contribution in [-0.4, -0.2) is 62.0 Å². The number of hydrogen-bond acceptors (Lipinski definition) is 4. The fourth-order valence-electron chi connectivity index (χ4n) is 2.39. The molecule has 0 radical (unpaired) electrons. The maximum atomic E-state index is 9.01. The molecule has 1 heterocycles. The number of aliphatic hydroxyl groups excluding tert-OH is 1. The maximum Gasteiger partial charge on any atom is 0.0698 e. The van der Waals surface area contributed by atoms with Crippen LogP contribution < -0.4 is 5.32 Å². The Balaban J connectivity index is 2.31. The zero-order valence-electron chi connectivity index (χ0n) is 10.6. The van der Waals surface area contributed by atoms with Crippen molar-refractivity contribution in [3.8, 4) is 0 Å². The van der Waals surface area contributed by atoms with Crippen molar-refractivity contribution in [2.24, 2.45) is 0 Å². The van der Waals surface area contributed by atoms with E-state index in [0.717, 1.165) is 32.6 Å². The van der Waals surface area contributed by atoms with Gasteiger partial charge in [-0.1, -0.05) is 6.92 Å². The van der Waals surface area contributed by atoms with Crippen LogP contribution in [0.2, 0.25) is 0 Å². The van der Waals surface area contributed by atoms with Crippen LogP contribution in [0, 0.1) is 0 Å². The molecule has 0 bridgehead atoms. The number of ether oxygens (including phenoxy) is 1. The molecule has 0 spiro atoms. The van der Waals surface area contributed by atoms with Gasteiger partial charge in [0, 0.05) is 32.8 Å². The molecule has 2 N–H and O–H groups in total. The van der Waals surface area contributed by atoms with Crippen molar-refractivity contribution in [1.29, 1.82) is 0 Å². The average Bonchev–Trinajstić information content (AvgIpc) is 2.30. The lowest BCUT2D eigenvalue weighted by Crippen LogP contribution is -2.47. The van der Waals surface area contributed by atoms with Gasteiger partial charge in [-0.3, -0.25) is 4.90 Å². The molecule has 16 heavy (non-hydrogen) atoms. The second-order valence-corrected chi connectivity index (χ2v) is 4.53. The molecule has 2 atom stereocenters. The number of aliphatic hydroxyl groups is 1. The summed E-state index contributed by atoms with van der Waals surface area (Å²) in [7, 11) is 1.80. The van der Waals surface area contributed by atoms with Gasteiger partial charge >= 0.3 is 0 Å². The number of likely N-dealkylation sites (tertiary alicyclic amines) is 1. The Morgan fingerprint density at radius 2 is 2.38 bits per heavy atom. The summed E-state index contributed by atoms with van der Waals surface area (Å²) in [5, 5.41) is 12.4. The third kappa shape index (κ3) is 4.78. The molecule has 1 saturated heterocycles. The van der Waals surface area contributed by atoms with Crippen molar-refractivity contribution in [3.63, 3.8) is 0 Å². The molecule has 4 heteroatoms. The van der Waals surface area contributed by atoms with Crippen molar-refractivity contribution in [2.75, 3.05) is 39.9 Å². The lowest BCUT2D eigenvalue weighted by molar-refractivity contribution is 0.0272. The van der Waals surface area contributed by atoms with Crippen LogP contribution in [0.1, 0.15) is 26.2 Å². The summed E-state index contributed by atoms with van der Waals surface area (Å²) in [6, 6.07) is 0.408. The van der Waals surface area contributed by atoms with Gasteiger partial charge in [-0.25, -0.2) is 0 Å². The molecule has 0 saturated carbocycles. The van der Waals surface area contributed by atoms with Gasteiger partial charge in [0.05, 0.1) is 6.10 Å². The molecule has 1 fully saturated rings. The third-order valence-corrected chi connectivity index (χ3v) is 3.24. The van der Waals surface area contributed by atoms with Crippen molar-refractivity contribution in [2.45, 2.75) is 38.3 Å². The average molecular weight is 230 g/mol.